The van der Waals surface area contributed by atoms with Gasteiger partial charge in [0.15, 0.2) is 5.96 Å². The molecule has 4 nitrogen and oxygen atoms in total. The topological polar surface area (TPSA) is 36.9 Å². The number of hydrogen-bond donors (Lipinski definition) is 1. The summed E-state index contributed by atoms with van der Waals surface area (Å²) in [6.07, 6.45) is 4.58. The van der Waals surface area contributed by atoms with Gasteiger partial charge in [0.05, 0.1) is 12.2 Å². The molecule has 3 saturated heterocycles. The molecule has 0 spiro atoms. The number of rotatable bonds is 3. The summed E-state index contributed by atoms with van der Waals surface area (Å²) in [6.45, 7) is 3.14. The van der Waals surface area contributed by atoms with Crippen LogP contribution in [0.2, 0.25) is 0 Å². The van der Waals surface area contributed by atoms with Crippen LogP contribution in [0, 0.1) is 11.8 Å². The number of likely N-dealkylation sites (tertiary alicyclic amines) is 1. The minimum absolute atomic E-state index is 0. The summed E-state index contributed by atoms with van der Waals surface area (Å²) in [4.78, 5) is 7.00. The average molecular weight is 483 g/mol. The maximum Gasteiger partial charge on any atom is 0.193 e. The monoisotopic (exact) mass is 483 g/mol. The predicted molar refractivity (Wildman–Crippen MR) is 119 cm³/mol. The third-order valence-electron chi connectivity index (χ3n) is 6.20. The van der Waals surface area contributed by atoms with Gasteiger partial charge in [0.1, 0.15) is 0 Å². The number of fused-ring (bicyclic) bond motifs is 6. The number of nitrogens with zero attached hydrogens (tertiary/aromatic N) is 2. The first-order chi connectivity index (χ1) is 12.3. The molecule has 3 aliphatic heterocycles. The van der Waals surface area contributed by atoms with E-state index in [-0.39, 0.29) is 24.0 Å². The second-order valence-corrected chi connectivity index (χ2v) is 8.42. The zero-order valence-electron chi connectivity index (χ0n) is 15.1. The highest BCUT2D eigenvalue weighted by Crippen LogP contribution is 2.47. The Morgan fingerprint density at radius 3 is 2.69 bits per heavy atom. The van der Waals surface area contributed by atoms with Crippen molar-refractivity contribution in [2.75, 3.05) is 26.7 Å². The van der Waals surface area contributed by atoms with Crippen LogP contribution in [-0.4, -0.2) is 49.7 Å². The summed E-state index contributed by atoms with van der Waals surface area (Å²) in [7, 11) is 1.90. The zero-order chi connectivity index (χ0) is 16.8. The fourth-order valence-corrected chi connectivity index (χ4v) is 6.00. The van der Waals surface area contributed by atoms with Crippen molar-refractivity contribution in [1.29, 1.82) is 0 Å². The Kier molecular flexibility index (Phi) is 5.43. The third kappa shape index (κ3) is 3.14. The van der Waals surface area contributed by atoms with Gasteiger partial charge < -0.3 is 15.0 Å². The van der Waals surface area contributed by atoms with Crippen LogP contribution in [0.5, 0.6) is 0 Å². The van der Waals surface area contributed by atoms with E-state index >= 15 is 0 Å². The summed E-state index contributed by atoms with van der Waals surface area (Å²) in [5.41, 5.74) is 1.44. The van der Waals surface area contributed by atoms with Crippen LogP contribution in [0.25, 0.3) is 10.1 Å². The minimum Gasteiger partial charge on any atom is -0.374 e. The van der Waals surface area contributed by atoms with Crippen molar-refractivity contribution >= 4 is 51.4 Å². The van der Waals surface area contributed by atoms with Crippen LogP contribution in [0.15, 0.2) is 34.6 Å². The first kappa shape index (κ1) is 18.5. The molecule has 2 aromatic rings. The van der Waals surface area contributed by atoms with E-state index in [0.717, 1.165) is 43.9 Å². The van der Waals surface area contributed by atoms with E-state index in [1.165, 1.54) is 28.5 Å². The van der Waals surface area contributed by atoms with Gasteiger partial charge in [-0.2, -0.15) is 0 Å². The Balaban J connectivity index is 0.00000168. The highest BCUT2D eigenvalue weighted by molar-refractivity contribution is 14.0. The van der Waals surface area contributed by atoms with Gasteiger partial charge in [-0.25, -0.2) is 0 Å². The van der Waals surface area contributed by atoms with E-state index < -0.39 is 0 Å². The molecule has 2 bridgehead atoms. The van der Waals surface area contributed by atoms with Crippen LogP contribution < -0.4 is 5.32 Å². The highest BCUT2D eigenvalue weighted by Gasteiger charge is 2.53. The second-order valence-electron chi connectivity index (χ2n) is 7.50. The molecule has 1 N–H and O–H groups in total. The van der Waals surface area contributed by atoms with Gasteiger partial charge >= 0.3 is 0 Å². The van der Waals surface area contributed by atoms with Gasteiger partial charge in [-0.05, 0) is 41.7 Å². The van der Waals surface area contributed by atoms with E-state index in [4.69, 9.17) is 4.74 Å². The maximum atomic E-state index is 6.09. The lowest BCUT2D eigenvalue weighted by molar-refractivity contribution is 0.0767. The Morgan fingerprint density at radius 2 is 1.96 bits per heavy atom. The molecule has 0 radical (unpaired) electrons. The van der Waals surface area contributed by atoms with Gasteiger partial charge in [-0.1, -0.05) is 18.2 Å². The molecule has 26 heavy (non-hydrogen) atoms. The molecule has 0 saturated carbocycles. The van der Waals surface area contributed by atoms with E-state index in [9.17, 15) is 0 Å². The van der Waals surface area contributed by atoms with E-state index in [0.29, 0.717) is 12.2 Å². The number of ether oxygens (including phenoxy) is 1. The molecule has 4 heterocycles. The van der Waals surface area contributed by atoms with E-state index in [1.807, 2.05) is 18.4 Å². The number of benzene rings is 1. The summed E-state index contributed by atoms with van der Waals surface area (Å²) in [5.74, 6) is 2.50. The summed E-state index contributed by atoms with van der Waals surface area (Å²) >= 11 is 1.84. The molecule has 3 fully saturated rings. The summed E-state index contributed by atoms with van der Waals surface area (Å²) in [6, 6.07) is 8.68. The molecule has 4 atom stereocenters. The van der Waals surface area contributed by atoms with Crippen LogP contribution in [0.3, 0.4) is 0 Å². The number of guanidine groups is 1. The second kappa shape index (κ2) is 7.64. The number of halogens is 1. The minimum atomic E-state index is 0. The quantitative estimate of drug-likeness (QED) is 0.411. The van der Waals surface area contributed by atoms with Crippen LogP contribution >= 0.6 is 35.3 Å². The standard InChI is InChI=1S/C20H25N3OS.HI/c1-21-20(23-10-15-16(11-23)18-7-6-17(15)24-18)22-9-8-13-12-25-19-5-3-2-4-14(13)19;/h2-5,12,15-18H,6-11H2,1H3,(H,21,22);1H. The molecule has 5 rings (SSSR count). The SMILES string of the molecule is CN=C(NCCc1csc2ccccc12)N1CC2C3CCC(O3)C2C1.I. The zero-order valence-corrected chi connectivity index (χ0v) is 18.2. The molecular weight excluding hydrogens is 457 g/mol. The number of aliphatic imine (C=N–C) groups is 1. The third-order valence-corrected chi connectivity index (χ3v) is 7.21. The highest BCUT2D eigenvalue weighted by atomic mass is 127. The van der Waals surface area contributed by atoms with Crippen molar-refractivity contribution in [3.63, 3.8) is 0 Å². The average Bonchev–Trinajstić information content (AvgIpc) is 3.39. The molecule has 0 amide bonds. The fraction of sp³-hybridized carbons (Fsp3) is 0.550. The molecule has 3 aliphatic rings. The largest absolute Gasteiger partial charge is 0.374 e. The van der Waals surface area contributed by atoms with Crippen molar-refractivity contribution in [2.24, 2.45) is 16.8 Å². The molecule has 4 unspecified atom stereocenters. The summed E-state index contributed by atoms with van der Waals surface area (Å²) in [5, 5.41) is 7.29. The Hall–Kier alpha value is -0.860. The van der Waals surface area contributed by atoms with Crippen molar-refractivity contribution in [3.05, 3.63) is 35.2 Å². The lowest BCUT2D eigenvalue weighted by Crippen LogP contribution is -2.42. The number of nitrogens with one attached hydrogen (secondary N) is 1. The van der Waals surface area contributed by atoms with Gasteiger partial charge in [0, 0.05) is 43.2 Å². The number of thiophene rings is 1. The normalized spacial score (nSPS) is 29.9. The lowest BCUT2D eigenvalue weighted by Gasteiger charge is -2.23. The molecule has 1 aromatic heterocycles. The molecule has 0 aliphatic carbocycles. The molecule has 1 aromatic carbocycles. The molecule has 6 heteroatoms. The maximum absolute atomic E-state index is 6.09. The van der Waals surface area contributed by atoms with Crippen LogP contribution in [0.1, 0.15) is 18.4 Å². The lowest BCUT2D eigenvalue weighted by atomic mass is 9.82. The van der Waals surface area contributed by atoms with E-state index in [2.05, 4.69) is 44.9 Å². The van der Waals surface area contributed by atoms with Gasteiger partial charge in [0.2, 0.25) is 0 Å². The first-order valence-corrected chi connectivity index (χ1v) is 10.3. The van der Waals surface area contributed by atoms with Crippen molar-refractivity contribution in [2.45, 2.75) is 31.5 Å². The smallest absolute Gasteiger partial charge is 0.193 e. The summed E-state index contributed by atoms with van der Waals surface area (Å²) < 4.78 is 7.47. The van der Waals surface area contributed by atoms with Gasteiger partial charge in [-0.15, -0.1) is 35.3 Å². The van der Waals surface area contributed by atoms with Crippen molar-refractivity contribution in [1.82, 2.24) is 10.2 Å². The molecule has 140 valence electrons. The van der Waals surface area contributed by atoms with Gasteiger partial charge in [0.25, 0.3) is 0 Å². The Morgan fingerprint density at radius 1 is 1.23 bits per heavy atom. The Labute approximate surface area is 176 Å². The van der Waals surface area contributed by atoms with Crippen molar-refractivity contribution in [3.8, 4) is 0 Å². The van der Waals surface area contributed by atoms with Crippen LogP contribution in [0.4, 0.5) is 0 Å². The van der Waals surface area contributed by atoms with Crippen LogP contribution in [-0.2, 0) is 11.2 Å². The first-order valence-electron chi connectivity index (χ1n) is 9.39. The molecular formula is C20H26IN3OS. The van der Waals surface area contributed by atoms with Crippen molar-refractivity contribution < 1.29 is 4.74 Å². The predicted octanol–water partition coefficient (Wildman–Crippen LogP) is 3.75. The van der Waals surface area contributed by atoms with Gasteiger partial charge in [-0.3, -0.25) is 4.99 Å². The van der Waals surface area contributed by atoms with E-state index in [1.54, 1.807) is 0 Å². The fourth-order valence-electron chi connectivity index (χ4n) is 5.00. The number of hydrogen-bond acceptors (Lipinski definition) is 3. The Bertz CT molecular complexity index is 789.